The lowest BCUT2D eigenvalue weighted by Crippen LogP contribution is -1.99. The van der Waals surface area contributed by atoms with Crippen LogP contribution in [-0.4, -0.2) is 23.4 Å². The molecule has 1 unspecified atom stereocenters. The lowest BCUT2D eigenvalue weighted by Gasteiger charge is -2.06. The van der Waals surface area contributed by atoms with E-state index in [1.165, 1.54) is 0 Å². The third kappa shape index (κ3) is 4.06. The van der Waals surface area contributed by atoms with Crippen LogP contribution in [0.5, 0.6) is 0 Å². The first-order valence-corrected chi connectivity index (χ1v) is 5.60. The van der Waals surface area contributed by atoms with Crippen LogP contribution in [0.15, 0.2) is 18.5 Å². The Morgan fingerprint density at radius 3 is 3.00 bits per heavy atom. The molecule has 3 nitrogen and oxygen atoms in total. The SMILES string of the molecule is CCCC(O)c1ccn(CCCOC)c1. The zero-order chi connectivity index (χ0) is 11.1. The third-order valence-corrected chi connectivity index (χ3v) is 2.49. The summed E-state index contributed by atoms with van der Waals surface area (Å²) in [6.07, 6.45) is 6.59. The minimum absolute atomic E-state index is 0.307. The minimum atomic E-state index is -0.307. The molecule has 86 valence electrons. The molecule has 1 atom stereocenters. The fourth-order valence-electron chi connectivity index (χ4n) is 1.63. The van der Waals surface area contributed by atoms with Crippen LogP contribution in [0.3, 0.4) is 0 Å². The summed E-state index contributed by atoms with van der Waals surface area (Å²) in [6, 6.07) is 1.99. The number of aliphatic hydroxyl groups is 1. The third-order valence-electron chi connectivity index (χ3n) is 2.49. The number of methoxy groups -OCH3 is 1. The van der Waals surface area contributed by atoms with E-state index < -0.39 is 0 Å². The van der Waals surface area contributed by atoms with Gasteiger partial charge in [-0.15, -0.1) is 0 Å². The van der Waals surface area contributed by atoms with Gasteiger partial charge in [-0.3, -0.25) is 0 Å². The molecular weight excluding hydrogens is 190 g/mol. The Morgan fingerprint density at radius 2 is 2.33 bits per heavy atom. The van der Waals surface area contributed by atoms with Gasteiger partial charge in [0.1, 0.15) is 0 Å². The number of hydrogen-bond donors (Lipinski definition) is 1. The molecule has 0 radical (unpaired) electrons. The van der Waals surface area contributed by atoms with E-state index in [1.807, 2.05) is 18.5 Å². The fraction of sp³-hybridized carbons (Fsp3) is 0.667. The smallest absolute Gasteiger partial charge is 0.0804 e. The Hall–Kier alpha value is -0.800. The summed E-state index contributed by atoms with van der Waals surface area (Å²) >= 11 is 0. The van der Waals surface area contributed by atoms with E-state index in [-0.39, 0.29) is 6.10 Å². The van der Waals surface area contributed by atoms with Crippen LogP contribution in [0, 0.1) is 0 Å². The summed E-state index contributed by atoms with van der Waals surface area (Å²) in [7, 11) is 1.71. The lowest BCUT2D eigenvalue weighted by atomic mass is 10.1. The zero-order valence-corrected chi connectivity index (χ0v) is 9.65. The van der Waals surface area contributed by atoms with Gasteiger partial charge in [-0.2, -0.15) is 0 Å². The van der Waals surface area contributed by atoms with Crippen molar-refractivity contribution in [3.63, 3.8) is 0 Å². The van der Waals surface area contributed by atoms with Gasteiger partial charge in [0.25, 0.3) is 0 Å². The van der Waals surface area contributed by atoms with Crippen molar-refractivity contribution in [3.05, 3.63) is 24.0 Å². The van der Waals surface area contributed by atoms with Crippen LogP contribution in [0.4, 0.5) is 0 Å². The number of aryl methyl sites for hydroxylation is 1. The molecule has 1 aromatic rings. The quantitative estimate of drug-likeness (QED) is 0.702. The van der Waals surface area contributed by atoms with Gasteiger partial charge >= 0.3 is 0 Å². The minimum Gasteiger partial charge on any atom is -0.388 e. The van der Waals surface area contributed by atoms with E-state index in [2.05, 4.69) is 11.5 Å². The second-order valence-corrected chi connectivity index (χ2v) is 3.83. The van der Waals surface area contributed by atoms with E-state index in [0.29, 0.717) is 0 Å². The number of aromatic nitrogens is 1. The van der Waals surface area contributed by atoms with Gasteiger partial charge in [0.2, 0.25) is 0 Å². The standard InChI is InChI=1S/C12H21NO2/c1-3-5-12(14)11-6-8-13(10-11)7-4-9-15-2/h6,8,10,12,14H,3-5,7,9H2,1-2H3. The molecule has 0 spiro atoms. The Bertz CT molecular complexity index is 270. The first kappa shape index (κ1) is 12.3. The molecule has 0 amide bonds. The summed E-state index contributed by atoms with van der Waals surface area (Å²) in [5, 5.41) is 9.77. The lowest BCUT2D eigenvalue weighted by molar-refractivity contribution is 0.166. The van der Waals surface area contributed by atoms with Crippen LogP contribution in [0.1, 0.15) is 37.9 Å². The predicted octanol–water partition coefficient (Wildman–Crippen LogP) is 2.36. The number of rotatable bonds is 7. The van der Waals surface area contributed by atoms with Crippen LogP contribution >= 0.6 is 0 Å². The second-order valence-electron chi connectivity index (χ2n) is 3.83. The van der Waals surface area contributed by atoms with Gasteiger partial charge in [-0.1, -0.05) is 13.3 Å². The summed E-state index contributed by atoms with van der Waals surface area (Å²) < 4.78 is 7.10. The highest BCUT2D eigenvalue weighted by Gasteiger charge is 2.07. The van der Waals surface area contributed by atoms with Crippen molar-refractivity contribution in [1.29, 1.82) is 0 Å². The van der Waals surface area contributed by atoms with Crippen molar-refractivity contribution >= 4 is 0 Å². The highest BCUT2D eigenvalue weighted by atomic mass is 16.5. The molecule has 1 rings (SSSR count). The molecule has 1 aromatic heterocycles. The Kier molecular flexibility index (Phi) is 5.43. The average molecular weight is 211 g/mol. The fourth-order valence-corrected chi connectivity index (χ4v) is 1.63. The maximum Gasteiger partial charge on any atom is 0.0804 e. The van der Waals surface area contributed by atoms with E-state index in [4.69, 9.17) is 4.74 Å². The average Bonchev–Trinajstić information content (AvgIpc) is 2.67. The van der Waals surface area contributed by atoms with Crippen molar-refractivity contribution in [3.8, 4) is 0 Å². The molecule has 0 saturated carbocycles. The molecule has 0 aliphatic carbocycles. The van der Waals surface area contributed by atoms with Gasteiger partial charge in [0.05, 0.1) is 6.10 Å². The molecule has 0 aromatic carbocycles. The molecule has 0 saturated heterocycles. The molecular formula is C12H21NO2. The number of ether oxygens (including phenoxy) is 1. The summed E-state index contributed by atoms with van der Waals surface area (Å²) in [5.41, 5.74) is 1.02. The van der Waals surface area contributed by atoms with Crippen LogP contribution < -0.4 is 0 Å². The Morgan fingerprint density at radius 1 is 1.53 bits per heavy atom. The molecule has 1 heterocycles. The second kappa shape index (κ2) is 6.64. The first-order valence-electron chi connectivity index (χ1n) is 5.60. The van der Waals surface area contributed by atoms with Gasteiger partial charge < -0.3 is 14.4 Å². The van der Waals surface area contributed by atoms with Gasteiger partial charge in [-0.05, 0) is 24.5 Å². The van der Waals surface area contributed by atoms with Crippen molar-refractivity contribution in [2.75, 3.05) is 13.7 Å². The summed E-state index contributed by atoms with van der Waals surface area (Å²) in [6.45, 7) is 3.82. The number of aliphatic hydroxyl groups excluding tert-OH is 1. The molecule has 15 heavy (non-hydrogen) atoms. The van der Waals surface area contributed by atoms with Crippen LogP contribution in [-0.2, 0) is 11.3 Å². The van der Waals surface area contributed by atoms with Crippen molar-refractivity contribution in [2.45, 2.75) is 38.8 Å². The van der Waals surface area contributed by atoms with Gasteiger partial charge in [0.15, 0.2) is 0 Å². The topological polar surface area (TPSA) is 34.4 Å². The van der Waals surface area contributed by atoms with Crippen molar-refractivity contribution in [1.82, 2.24) is 4.57 Å². The monoisotopic (exact) mass is 211 g/mol. The molecule has 0 aliphatic rings. The molecule has 3 heteroatoms. The highest BCUT2D eigenvalue weighted by Crippen LogP contribution is 2.18. The van der Waals surface area contributed by atoms with Crippen molar-refractivity contribution in [2.24, 2.45) is 0 Å². The Labute approximate surface area is 91.7 Å². The largest absolute Gasteiger partial charge is 0.388 e. The highest BCUT2D eigenvalue weighted by molar-refractivity contribution is 5.13. The number of hydrogen-bond acceptors (Lipinski definition) is 2. The van der Waals surface area contributed by atoms with Gasteiger partial charge in [0, 0.05) is 32.7 Å². The first-order chi connectivity index (χ1) is 7.27. The number of nitrogens with zero attached hydrogens (tertiary/aromatic N) is 1. The van der Waals surface area contributed by atoms with Gasteiger partial charge in [-0.25, -0.2) is 0 Å². The Balaban J connectivity index is 2.41. The van der Waals surface area contributed by atoms with E-state index in [1.54, 1.807) is 7.11 Å². The molecule has 0 bridgehead atoms. The normalized spacial score (nSPS) is 13.0. The van der Waals surface area contributed by atoms with Crippen molar-refractivity contribution < 1.29 is 9.84 Å². The van der Waals surface area contributed by atoms with Crippen LogP contribution in [0.2, 0.25) is 0 Å². The molecule has 0 fully saturated rings. The maximum absolute atomic E-state index is 9.77. The van der Waals surface area contributed by atoms with Crippen LogP contribution in [0.25, 0.3) is 0 Å². The van der Waals surface area contributed by atoms with E-state index >= 15 is 0 Å². The molecule has 0 aliphatic heterocycles. The summed E-state index contributed by atoms with van der Waals surface area (Å²) in [5.74, 6) is 0. The van der Waals surface area contributed by atoms with E-state index in [9.17, 15) is 5.11 Å². The zero-order valence-electron chi connectivity index (χ0n) is 9.65. The molecule has 1 N–H and O–H groups in total. The summed E-state index contributed by atoms with van der Waals surface area (Å²) in [4.78, 5) is 0. The van der Waals surface area contributed by atoms with E-state index in [0.717, 1.165) is 38.0 Å². The maximum atomic E-state index is 9.77. The predicted molar refractivity (Wildman–Crippen MR) is 60.8 cm³/mol.